The van der Waals surface area contributed by atoms with Crippen molar-refractivity contribution in [3.63, 3.8) is 0 Å². The van der Waals surface area contributed by atoms with E-state index in [0.717, 1.165) is 34.9 Å². The summed E-state index contributed by atoms with van der Waals surface area (Å²) in [7, 11) is 0. The average Bonchev–Trinajstić information content (AvgIpc) is 2.91. The van der Waals surface area contributed by atoms with E-state index in [1.165, 1.54) is 12.0 Å². The number of benzene rings is 2. The van der Waals surface area contributed by atoms with Gasteiger partial charge in [-0.2, -0.15) is 0 Å². The van der Waals surface area contributed by atoms with Gasteiger partial charge in [-0.15, -0.1) is 0 Å². The van der Waals surface area contributed by atoms with Crippen LogP contribution in [-0.4, -0.2) is 21.7 Å². The number of carbonyl (C=O) groups is 1. The summed E-state index contributed by atoms with van der Waals surface area (Å²) in [6.45, 7) is 3.07. The van der Waals surface area contributed by atoms with Gasteiger partial charge in [0.15, 0.2) is 0 Å². The Hall–Kier alpha value is -2.30. The number of rotatable bonds is 6. The van der Waals surface area contributed by atoms with Crippen molar-refractivity contribution < 1.29 is 9.90 Å². The van der Waals surface area contributed by atoms with E-state index in [4.69, 9.17) is 11.6 Å². The zero-order valence-electron chi connectivity index (χ0n) is 15.3. The molecule has 1 saturated carbocycles. The highest BCUT2D eigenvalue weighted by atomic mass is 35.5. The maximum atomic E-state index is 12.2. The number of nitrogens with zero attached hydrogens (tertiary/aromatic N) is 1. The van der Waals surface area contributed by atoms with Crippen molar-refractivity contribution in [2.75, 3.05) is 0 Å². The fourth-order valence-electron chi connectivity index (χ4n) is 3.75. The summed E-state index contributed by atoms with van der Waals surface area (Å²) in [5.74, 6) is -0.917. The molecule has 3 aromatic rings. The molecule has 1 aliphatic carbocycles. The summed E-state index contributed by atoms with van der Waals surface area (Å²) in [5, 5.41) is 14.9. The Balaban J connectivity index is 1.83. The van der Waals surface area contributed by atoms with E-state index in [1.54, 1.807) is 0 Å². The van der Waals surface area contributed by atoms with E-state index in [2.05, 4.69) is 5.32 Å². The van der Waals surface area contributed by atoms with Crippen molar-refractivity contribution in [1.82, 2.24) is 9.88 Å². The van der Waals surface area contributed by atoms with Gasteiger partial charge >= 0.3 is 5.97 Å². The topological polar surface area (TPSA) is 54.3 Å². The molecule has 4 nitrogen and oxygen atoms in total. The van der Waals surface area contributed by atoms with E-state index in [0.29, 0.717) is 29.8 Å². The first-order valence-electron chi connectivity index (χ1n) is 9.36. The second-order valence-corrected chi connectivity index (χ2v) is 7.75. The third kappa shape index (κ3) is 3.47. The predicted molar refractivity (Wildman–Crippen MR) is 109 cm³/mol. The van der Waals surface area contributed by atoms with E-state index >= 15 is 0 Å². The Labute approximate surface area is 163 Å². The molecule has 4 rings (SSSR count). The molecule has 27 heavy (non-hydrogen) atoms. The molecule has 0 saturated heterocycles. The first kappa shape index (κ1) is 18.1. The first-order valence-corrected chi connectivity index (χ1v) is 9.74. The molecule has 0 spiro atoms. The van der Waals surface area contributed by atoms with E-state index in [9.17, 15) is 9.90 Å². The van der Waals surface area contributed by atoms with Crippen LogP contribution in [-0.2, 0) is 13.1 Å². The third-order valence-electron chi connectivity index (χ3n) is 5.48. The minimum atomic E-state index is -0.917. The molecule has 140 valence electrons. The van der Waals surface area contributed by atoms with E-state index < -0.39 is 5.97 Å². The van der Waals surface area contributed by atoms with Crippen molar-refractivity contribution in [3.05, 3.63) is 69.9 Å². The number of hydrogen-bond donors (Lipinski definition) is 2. The summed E-state index contributed by atoms with van der Waals surface area (Å²) in [6.07, 6.45) is 3.54. The second kappa shape index (κ2) is 7.37. The summed E-state index contributed by atoms with van der Waals surface area (Å²) in [4.78, 5) is 12.2. The van der Waals surface area contributed by atoms with Crippen LogP contribution in [0.4, 0.5) is 0 Å². The van der Waals surface area contributed by atoms with Gasteiger partial charge in [-0.1, -0.05) is 53.9 Å². The standard InChI is InChI=1S/C22H23ClN2O2/c1-14-8-10-15(11-9-14)13-25-19-7-3-6-18(23)20(19)17(21(25)22(26)27)12-24-16-4-2-5-16/h3,6-11,16,24H,2,4-5,12-13H2,1H3,(H,26,27). The number of aryl methyl sites for hydroxylation is 1. The van der Waals surface area contributed by atoms with Gasteiger partial charge in [-0.25, -0.2) is 4.79 Å². The molecule has 5 heteroatoms. The maximum absolute atomic E-state index is 12.2. The molecule has 0 amide bonds. The predicted octanol–water partition coefficient (Wildman–Crippen LogP) is 4.99. The lowest BCUT2D eigenvalue weighted by Crippen LogP contribution is -2.34. The number of carboxylic acid groups (broad SMARTS) is 1. The van der Waals surface area contributed by atoms with E-state index in [1.807, 2.05) is 54.0 Å². The fourth-order valence-corrected chi connectivity index (χ4v) is 4.04. The summed E-state index contributed by atoms with van der Waals surface area (Å²) >= 11 is 6.51. The van der Waals surface area contributed by atoms with Crippen LogP contribution < -0.4 is 5.32 Å². The highest BCUT2D eigenvalue weighted by Crippen LogP contribution is 2.33. The number of hydrogen-bond acceptors (Lipinski definition) is 2. The number of carboxylic acids is 1. The Morgan fingerprint density at radius 1 is 1.22 bits per heavy atom. The minimum absolute atomic E-state index is 0.325. The molecule has 1 aliphatic rings. The third-order valence-corrected chi connectivity index (χ3v) is 5.79. The molecule has 0 atom stereocenters. The van der Waals surface area contributed by atoms with Crippen LogP contribution >= 0.6 is 11.6 Å². The van der Waals surface area contributed by atoms with Crippen LogP contribution in [0.1, 0.15) is 46.4 Å². The molecular weight excluding hydrogens is 360 g/mol. The quantitative estimate of drug-likeness (QED) is 0.631. The molecule has 0 bridgehead atoms. The van der Waals surface area contributed by atoms with Gasteiger partial charge < -0.3 is 15.0 Å². The Morgan fingerprint density at radius 3 is 2.59 bits per heavy atom. The van der Waals surface area contributed by atoms with Crippen LogP contribution in [0.15, 0.2) is 42.5 Å². The number of aromatic carboxylic acids is 1. The molecule has 0 aliphatic heterocycles. The van der Waals surface area contributed by atoms with Crippen molar-refractivity contribution in [2.45, 2.75) is 45.3 Å². The van der Waals surface area contributed by atoms with Gasteiger partial charge in [0.1, 0.15) is 5.69 Å². The zero-order valence-corrected chi connectivity index (χ0v) is 16.1. The fraction of sp³-hybridized carbons (Fsp3) is 0.318. The highest BCUT2D eigenvalue weighted by Gasteiger charge is 2.25. The van der Waals surface area contributed by atoms with Gasteiger partial charge in [-0.3, -0.25) is 0 Å². The van der Waals surface area contributed by atoms with Crippen LogP contribution in [0.5, 0.6) is 0 Å². The molecule has 2 N–H and O–H groups in total. The Bertz CT molecular complexity index is 988. The van der Waals surface area contributed by atoms with Crippen molar-refractivity contribution in [2.24, 2.45) is 0 Å². The van der Waals surface area contributed by atoms with Crippen LogP contribution in [0.2, 0.25) is 5.02 Å². The molecule has 0 radical (unpaired) electrons. The van der Waals surface area contributed by atoms with Crippen LogP contribution in [0, 0.1) is 6.92 Å². The highest BCUT2D eigenvalue weighted by molar-refractivity contribution is 6.36. The van der Waals surface area contributed by atoms with E-state index in [-0.39, 0.29) is 0 Å². The van der Waals surface area contributed by atoms with Crippen LogP contribution in [0.25, 0.3) is 10.9 Å². The summed E-state index contributed by atoms with van der Waals surface area (Å²) in [5.41, 5.74) is 4.22. The molecule has 1 fully saturated rings. The maximum Gasteiger partial charge on any atom is 0.352 e. The molecule has 1 heterocycles. The summed E-state index contributed by atoms with van der Waals surface area (Å²) in [6, 6.07) is 14.3. The normalized spacial score (nSPS) is 14.4. The van der Waals surface area contributed by atoms with Gasteiger partial charge in [0.25, 0.3) is 0 Å². The minimum Gasteiger partial charge on any atom is -0.477 e. The SMILES string of the molecule is Cc1ccc(Cn2c(C(=O)O)c(CNC3CCC3)c3c(Cl)cccc32)cc1. The Kier molecular flexibility index (Phi) is 4.94. The van der Waals surface area contributed by atoms with Gasteiger partial charge in [0.2, 0.25) is 0 Å². The lowest BCUT2D eigenvalue weighted by atomic mass is 9.93. The summed E-state index contributed by atoms with van der Waals surface area (Å²) < 4.78 is 1.88. The smallest absolute Gasteiger partial charge is 0.352 e. The largest absolute Gasteiger partial charge is 0.477 e. The number of halogens is 1. The molecule has 1 aromatic heterocycles. The monoisotopic (exact) mass is 382 g/mol. The first-order chi connectivity index (χ1) is 13.0. The second-order valence-electron chi connectivity index (χ2n) is 7.35. The number of fused-ring (bicyclic) bond motifs is 1. The van der Waals surface area contributed by atoms with Gasteiger partial charge in [-0.05, 0) is 37.5 Å². The van der Waals surface area contributed by atoms with Crippen molar-refractivity contribution in [1.29, 1.82) is 0 Å². The Morgan fingerprint density at radius 2 is 1.96 bits per heavy atom. The van der Waals surface area contributed by atoms with Crippen LogP contribution in [0.3, 0.4) is 0 Å². The van der Waals surface area contributed by atoms with Crippen molar-refractivity contribution >= 4 is 28.5 Å². The van der Waals surface area contributed by atoms with Crippen molar-refractivity contribution in [3.8, 4) is 0 Å². The average molecular weight is 383 g/mol. The molecular formula is C22H23ClN2O2. The lowest BCUT2D eigenvalue weighted by molar-refractivity contribution is 0.0684. The zero-order chi connectivity index (χ0) is 19.0. The van der Waals surface area contributed by atoms with Gasteiger partial charge in [0, 0.05) is 30.1 Å². The van der Waals surface area contributed by atoms with Gasteiger partial charge in [0.05, 0.1) is 10.5 Å². The number of nitrogens with one attached hydrogen (secondary N) is 1. The number of aromatic nitrogens is 1. The molecule has 2 aromatic carbocycles. The molecule has 0 unspecified atom stereocenters. The lowest BCUT2D eigenvalue weighted by Gasteiger charge is -2.26.